The van der Waals surface area contributed by atoms with Crippen LogP contribution in [0.1, 0.15) is 31.0 Å². The molecule has 0 aromatic carbocycles. The summed E-state index contributed by atoms with van der Waals surface area (Å²) in [7, 11) is 4.17. The molecule has 0 spiro atoms. The van der Waals surface area contributed by atoms with Gasteiger partial charge in [0.2, 0.25) is 0 Å². The second-order valence-electron chi connectivity index (χ2n) is 6.30. The standard InChI is InChI=1S/C16H25N5/c1-11(20(3)14-5-6-14)8-17-9-13-7-15-12(2)19-21(4)16(15)18-10-13/h7,10-11,14,17H,5-6,8-9H2,1-4H3. The van der Waals surface area contributed by atoms with Gasteiger partial charge in [-0.3, -0.25) is 9.58 Å². The van der Waals surface area contributed by atoms with Gasteiger partial charge >= 0.3 is 0 Å². The zero-order chi connectivity index (χ0) is 15.0. The molecule has 5 nitrogen and oxygen atoms in total. The largest absolute Gasteiger partial charge is 0.311 e. The molecule has 2 heterocycles. The van der Waals surface area contributed by atoms with Gasteiger partial charge in [0.15, 0.2) is 5.65 Å². The molecule has 21 heavy (non-hydrogen) atoms. The predicted octanol–water partition coefficient (Wildman–Crippen LogP) is 1.85. The zero-order valence-corrected chi connectivity index (χ0v) is 13.4. The van der Waals surface area contributed by atoms with Gasteiger partial charge in [-0.15, -0.1) is 0 Å². The lowest BCUT2D eigenvalue weighted by molar-refractivity contribution is 0.241. The lowest BCUT2D eigenvalue weighted by atomic mass is 10.2. The van der Waals surface area contributed by atoms with E-state index in [0.29, 0.717) is 6.04 Å². The van der Waals surface area contributed by atoms with Gasteiger partial charge in [0.05, 0.1) is 5.69 Å². The molecule has 1 aliphatic carbocycles. The third-order valence-corrected chi connectivity index (χ3v) is 4.51. The predicted molar refractivity (Wildman–Crippen MR) is 85.2 cm³/mol. The van der Waals surface area contributed by atoms with Gasteiger partial charge in [0.1, 0.15) is 0 Å². The molecule has 1 aliphatic rings. The summed E-state index contributed by atoms with van der Waals surface area (Å²) in [5, 5.41) is 9.12. The van der Waals surface area contributed by atoms with Gasteiger partial charge in [-0.2, -0.15) is 5.10 Å². The average molecular weight is 287 g/mol. The topological polar surface area (TPSA) is 46.0 Å². The molecule has 1 fully saturated rings. The van der Waals surface area contributed by atoms with Gasteiger partial charge in [-0.1, -0.05) is 0 Å². The highest BCUT2D eigenvalue weighted by atomic mass is 15.3. The highest BCUT2D eigenvalue weighted by Gasteiger charge is 2.28. The Morgan fingerprint density at radius 1 is 1.48 bits per heavy atom. The number of hydrogen-bond acceptors (Lipinski definition) is 4. The Morgan fingerprint density at radius 2 is 2.24 bits per heavy atom. The van der Waals surface area contributed by atoms with Crippen LogP contribution in [0.25, 0.3) is 11.0 Å². The monoisotopic (exact) mass is 287 g/mol. The van der Waals surface area contributed by atoms with Gasteiger partial charge in [-0.25, -0.2) is 4.98 Å². The molecule has 2 aromatic heterocycles. The Balaban J connectivity index is 1.59. The van der Waals surface area contributed by atoms with E-state index in [4.69, 9.17) is 0 Å². The van der Waals surface area contributed by atoms with Crippen LogP contribution < -0.4 is 5.32 Å². The third kappa shape index (κ3) is 3.09. The fourth-order valence-electron chi connectivity index (χ4n) is 2.86. The van der Waals surface area contributed by atoms with E-state index in [1.165, 1.54) is 18.4 Å². The Hall–Kier alpha value is -1.46. The summed E-state index contributed by atoms with van der Waals surface area (Å²) in [6.45, 7) is 6.20. The highest BCUT2D eigenvalue weighted by Crippen LogP contribution is 2.26. The highest BCUT2D eigenvalue weighted by molar-refractivity contribution is 5.78. The third-order valence-electron chi connectivity index (χ3n) is 4.51. The van der Waals surface area contributed by atoms with E-state index in [0.717, 1.165) is 35.9 Å². The average Bonchev–Trinajstić information content (AvgIpc) is 3.26. The summed E-state index contributed by atoms with van der Waals surface area (Å²) in [6, 6.07) is 3.60. The Bertz CT molecular complexity index is 629. The second kappa shape index (κ2) is 5.73. The molecule has 2 aromatic rings. The maximum absolute atomic E-state index is 4.52. The summed E-state index contributed by atoms with van der Waals surface area (Å²) in [5.74, 6) is 0. The quantitative estimate of drug-likeness (QED) is 0.881. The normalized spacial score (nSPS) is 16.8. The van der Waals surface area contributed by atoms with Crippen molar-refractivity contribution >= 4 is 11.0 Å². The molecule has 0 saturated heterocycles. The number of hydrogen-bond donors (Lipinski definition) is 1. The fraction of sp³-hybridized carbons (Fsp3) is 0.625. The van der Waals surface area contributed by atoms with Crippen molar-refractivity contribution in [3.63, 3.8) is 0 Å². The maximum Gasteiger partial charge on any atom is 0.157 e. The summed E-state index contributed by atoms with van der Waals surface area (Å²) < 4.78 is 1.84. The first kappa shape index (κ1) is 14.5. The number of fused-ring (bicyclic) bond motifs is 1. The van der Waals surface area contributed by atoms with Crippen molar-refractivity contribution in [2.75, 3.05) is 13.6 Å². The molecule has 1 saturated carbocycles. The van der Waals surface area contributed by atoms with Crippen LogP contribution in [0.3, 0.4) is 0 Å². The zero-order valence-electron chi connectivity index (χ0n) is 13.4. The lowest BCUT2D eigenvalue weighted by Gasteiger charge is -2.24. The molecule has 0 radical (unpaired) electrons. The second-order valence-corrected chi connectivity index (χ2v) is 6.30. The number of aryl methyl sites for hydroxylation is 2. The minimum Gasteiger partial charge on any atom is -0.311 e. The number of nitrogens with one attached hydrogen (secondary N) is 1. The van der Waals surface area contributed by atoms with Crippen LogP contribution in [0.15, 0.2) is 12.3 Å². The summed E-state index contributed by atoms with van der Waals surface area (Å²) in [5.41, 5.74) is 3.22. The van der Waals surface area contributed by atoms with Crippen LogP contribution in [0.4, 0.5) is 0 Å². The molecule has 1 unspecified atom stereocenters. The van der Waals surface area contributed by atoms with Gasteiger partial charge in [0, 0.05) is 43.8 Å². The molecule has 0 aliphatic heterocycles. The van der Waals surface area contributed by atoms with E-state index in [2.05, 4.69) is 40.3 Å². The molecular formula is C16H25N5. The van der Waals surface area contributed by atoms with E-state index >= 15 is 0 Å². The van der Waals surface area contributed by atoms with Crippen molar-refractivity contribution in [1.29, 1.82) is 0 Å². The van der Waals surface area contributed by atoms with Crippen LogP contribution in [0.5, 0.6) is 0 Å². The molecule has 1 atom stereocenters. The van der Waals surface area contributed by atoms with Gasteiger partial charge < -0.3 is 5.32 Å². The Labute approximate surface area is 126 Å². The first-order chi connectivity index (χ1) is 10.1. The van der Waals surface area contributed by atoms with Crippen LogP contribution >= 0.6 is 0 Å². The molecular weight excluding hydrogens is 262 g/mol. The number of pyridine rings is 1. The summed E-state index contributed by atoms with van der Waals surface area (Å²) in [6.07, 6.45) is 4.68. The minimum atomic E-state index is 0.578. The van der Waals surface area contributed by atoms with E-state index in [1.54, 1.807) is 0 Å². The van der Waals surface area contributed by atoms with Crippen molar-refractivity contribution in [1.82, 2.24) is 25.0 Å². The van der Waals surface area contributed by atoms with E-state index in [1.807, 2.05) is 24.9 Å². The SMILES string of the molecule is Cc1nn(C)c2ncc(CNCC(C)N(C)C3CC3)cc12. The summed E-state index contributed by atoms with van der Waals surface area (Å²) >= 11 is 0. The lowest BCUT2D eigenvalue weighted by Crippen LogP contribution is -2.38. The van der Waals surface area contributed by atoms with Gasteiger partial charge in [-0.05, 0) is 45.4 Å². The van der Waals surface area contributed by atoms with Crippen LogP contribution in [0, 0.1) is 6.92 Å². The molecule has 3 rings (SSSR count). The fourth-order valence-corrected chi connectivity index (χ4v) is 2.86. The van der Waals surface area contributed by atoms with E-state index < -0.39 is 0 Å². The van der Waals surface area contributed by atoms with Crippen molar-refractivity contribution < 1.29 is 0 Å². The van der Waals surface area contributed by atoms with E-state index in [-0.39, 0.29) is 0 Å². The van der Waals surface area contributed by atoms with Crippen LogP contribution in [0.2, 0.25) is 0 Å². The van der Waals surface area contributed by atoms with Crippen LogP contribution in [-0.4, -0.2) is 45.3 Å². The molecule has 1 N–H and O–H groups in total. The van der Waals surface area contributed by atoms with Crippen molar-refractivity contribution in [3.05, 3.63) is 23.5 Å². The Kier molecular flexibility index (Phi) is 3.95. The number of nitrogens with zero attached hydrogens (tertiary/aromatic N) is 4. The maximum atomic E-state index is 4.52. The molecule has 5 heteroatoms. The first-order valence-corrected chi connectivity index (χ1v) is 7.77. The molecule has 114 valence electrons. The van der Waals surface area contributed by atoms with Crippen molar-refractivity contribution in [3.8, 4) is 0 Å². The minimum absolute atomic E-state index is 0.578. The van der Waals surface area contributed by atoms with Crippen LogP contribution in [-0.2, 0) is 13.6 Å². The van der Waals surface area contributed by atoms with E-state index in [9.17, 15) is 0 Å². The molecule has 0 bridgehead atoms. The smallest absolute Gasteiger partial charge is 0.157 e. The van der Waals surface area contributed by atoms with Crippen molar-refractivity contribution in [2.45, 2.75) is 45.3 Å². The number of rotatable bonds is 6. The first-order valence-electron chi connectivity index (χ1n) is 7.77. The molecule has 0 amide bonds. The number of aromatic nitrogens is 3. The summed E-state index contributed by atoms with van der Waals surface area (Å²) in [4.78, 5) is 7.01. The van der Waals surface area contributed by atoms with Crippen molar-refractivity contribution in [2.24, 2.45) is 7.05 Å². The number of likely N-dealkylation sites (N-methyl/N-ethyl adjacent to an activating group) is 1. The Morgan fingerprint density at radius 3 is 2.95 bits per heavy atom. The van der Waals surface area contributed by atoms with Gasteiger partial charge in [0.25, 0.3) is 0 Å².